The van der Waals surface area contributed by atoms with Crippen LogP contribution in [0.15, 0.2) is 36.6 Å². The molecule has 1 aliphatic heterocycles. The van der Waals surface area contributed by atoms with Gasteiger partial charge in [0.15, 0.2) is 0 Å². The maximum Gasteiger partial charge on any atom is 0.121 e. The van der Waals surface area contributed by atoms with Crippen LogP contribution < -0.4 is 0 Å². The van der Waals surface area contributed by atoms with Crippen molar-refractivity contribution in [3.63, 3.8) is 0 Å². The number of allylic oxidation sites excluding steroid dienone is 3. The summed E-state index contributed by atoms with van der Waals surface area (Å²) in [5, 5.41) is 0. The highest BCUT2D eigenvalue weighted by atomic mass is 16.5. The number of ether oxygens (including phenoxy) is 1. The molecule has 54 valence electrons. The number of rotatable bonds is 1. The van der Waals surface area contributed by atoms with Crippen molar-refractivity contribution in [1.82, 2.24) is 0 Å². The van der Waals surface area contributed by atoms with E-state index in [2.05, 4.69) is 13.2 Å². The predicted octanol–water partition coefficient (Wildman–Crippen LogP) is 2.42. The Labute approximate surface area is 61.7 Å². The third-order valence-electron chi connectivity index (χ3n) is 1.50. The molecule has 0 aliphatic carbocycles. The molecule has 0 aromatic rings. The van der Waals surface area contributed by atoms with Gasteiger partial charge in [-0.1, -0.05) is 19.2 Å². The van der Waals surface area contributed by atoms with Crippen molar-refractivity contribution >= 4 is 0 Å². The lowest BCUT2D eigenvalue weighted by Crippen LogP contribution is -2.04. The molecule has 1 heterocycles. The summed E-state index contributed by atoms with van der Waals surface area (Å²) in [5.41, 5.74) is 1.09. The second-order valence-corrected chi connectivity index (χ2v) is 2.32. The molecular weight excluding hydrogens is 124 g/mol. The molecule has 0 spiro atoms. The molecule has 0 atom stereocenters. The van der Waals surface area contributed by atoms with Crippen molar-refractivity contribution in [2.24, 2.45) is 0 Å². The topological polar surface area (TPSA) is 9.23 Å². The van der Waals surface area contributed by atoms with Gasteiger partial charge in [-0.2, -0.15) is 0 Å². The monoisotopic (exact) mass is 136 g/mol. The first-order valence-electron chi connectivity index (χ1n) is 3.48. The van der Waals surface area contributed by atoms with Crippen LogP contribution in [0.2, 0.25) is 0 Å². The van der Waals surface area contributed by atoms with E-state index in [1.807, 2.05) is 6.08 Å². The molecule has 1 aliphatic rings. The van der Waals surface area contributed by atoms with Crippen LogP contribution >= 0.6 is 0 Å². The lowest BCUT2D eigenvalue weighted by Gasteiger charge is -2.17. The van der Waals surface area contributed by atoms with Gasteiger partial charge >= 0.3 is 0 Å². The molecule has 10 heavy (non-hydrogen) atoms. The second kappa shape index (κ2) is 3.25. The van der Waals surface area contributed by atoms with Crippen molar-refractivity contribution in [2.45, 2.75) is 12.8 Å². The highest BCUT2D eigenvalue weighted by Crippen LogP contribution is 2.20. The Balaban J connectivity index is 2.64. The highest BCUT2D eigenvalue weighted by Gasteiger charge is 2.08. The lowest BCUT2D eigenvalue weighted by molar-refractivity contribution is 0.194. The predicted molar refractivity (Wildman–Crippen MR) is 42.6 cm³/mol. The third-order valence-corrected chi connectivity index (χ3v) is 1.50. The zero-order chi connectivity index (χ0) is 7.40. The summed E-state index contributed by atoms with van der Waals surface area (Å²) in [5.74, 6) is 0.904. The van der Waals surface area contributed by atoms with Crippen LogP contribution in [-0.2, 0) is 4.74 Å². The van der Waals surface area contributed by atoms with Crippen LogP contribution in [0.4, 0.5) is 0 Å². The Hall–Kier alpha value is -0.980. The van der Waals surface area contributed by atoms with E-state index in [0.717, 1.165) is 30.8 Å². The van der Waals surface area contributed by atoms with Crippen LogP contribution in [0.3, 0.4) is 0 Å². The summed E-state index contributed by atoms with van der Waals surface area (Å²) >= 11 is 0. The molecule has 1 heteroatoms. The van der Waals surface area contributed by atoms with E-state index in [1.165, 1.54) is 0 Å². The summed E-state index contributed by atoms with van der Waals surface area (Å²) < 4.78 is 5.32. The quantitative estimate of drug-likeness (QED) is 0.538. The van der Waals surface area contributed by atoms with Crippen molar-refractivity contribution in [1.29, 1.82) is 0 Å². The first-order valence-corrected chi connectivity index (χ1v) is 3.48. The molecule has 1 nitrogen and oxygen atoms in total. The molecule has 0 saturated carbocycles. The smallest absolute Gasteiger partial charge is 0.121 e. The Morgan fingerprint density at radius 1 is 1.50 bits per heavy atom. The summed E-state index contributed by atoms with van der Waals surface area (Å²) in [6.07, 6.45) is 5.74. The standard InChI is InChI=1S/C9H12O/c1-3-5-9-8(2)6-4-7-10-9/h3,5H,1-2,4,6-7H2/b9-5+. The fourth-order valence-electron chi connectivity index (χ4n) is 0.966. The summed E-state index contributed by atoms with van der Waals surface area (Å²) in [7, 11) is 0. The van der Waals surface area contributed by atoms with Crippen molar-refractivity contribution in [3.05, 3.63) is 36.6 Å². The van der Waals surface area contributed by atoms with E-state index < -0.39 is 0 Å². The van der Waals surface area contributed by atoms with Crippen LogP contribution in [0.5, 0.6) is 0 Å². The van der Waals surface area contributed by atoms with Gasteiger partial charge in [-0.3, -0.25) is 0 Å². The molecule has 1 fully saturated rings. The number of hydrogen-bond donors (Lipinski definition) is 0. The molecule has 0 amide bonds. The van der Waals surface area contributed by atoms with Gasteiger partial charge in [-0.25, -0.2) is 0 Å². The zero-order valence-electron chi connectivity index (χ0n) is 6.10. The van der Waals surface area contributed by atoms with Crippen molar-refractivity contribution in [3.8, 4) is 0 Å². The molecule has 1 rings (SSSR count). The Morgan fingerprint density at radius 3 is 2.90 bits per heavy atom. The van der Waals surface area contributed by atoms with Crippen LogP contribution in [0.25, 0.3) is 0 Å². The molecule has 0 aromatic heterocycles. The Kier molecular flexibility index (Phi) is 2.32. The maximum atomic E-state index is 5.32. The van der Waals surface area contributed by atoms with Gasteiger partial charge in [0.25, 0.3) is 0 Å². The summed E-state index contributed by atoms with van der Waals surface area (Å²) in [4.78, 5) is 0. The van der Waals surface area contributed by atoms with Gasteiger partial charge in [0, 0.05) is 0 Å². The normalized spacial score (nSPS) is 22.4. The number of hydrogen-bond acceptors (Lipinski definition) is 1. The second-order valence-electron chi connectivity index (χ2n) is 2.32. The molecule has 1 saturated heterocycles. The highest BCUT2D eigenvalue weighted by molar-refractivity contribution is 5.27. The maximum absolute atomic E-state index is 5.32. The van der Waals surface area contributed by atoms with Gasteiger partial charge in [0.2, 0.25) is 0 Å². The van der Waals surface area contributed by atoms with Crippen LogP contribution in [0.1, 0.15) is 12.8 Å². The van der Waals surface area contributed by atoms with Gasteiger partial charge in [0.05, 0.1) is 6.61 Å². The molecule has 0 bridgehead atoms. The fraction of sp³-hybridized carbons (Fsp3) is 0.333. The average molecular weight is 136 g/mol. The molecular formula is C9H12O. The van der Waals surface area contributed by atoms with Gasteiger partial charge < -0.3 is 4.74 Å². The SMILES string of the molecule is C=C/C=C1/OCCCC1=C. The largest absolute Gasteiger partial charge is 0.493 e. The van der Waals surface area contributed by atoms with E-state index in [0.29, 0.717) is 0 Å². The zero-order valence-corrected chi connectivity index (χ0v) is 6.10. The van der Waals surface area contributed by atoms with E-state index in [1.54, 1.807) is 6.08 Å². The summed E-state index contributed by atoms with van der Waals surface area (Å²) in [6, 6.07) is 0. The van der Waals surface area contributed by atoms with Crippen molar-refractivity contribution in [2.75, 3.05) is 6.61 Å². The Bertz CT molecular complexity index is 177. The van der Waals surface area contributed by atoms with Crippen molar-refractivity contribution < 1.29 is 4.74 Å². The minimum absolute atomic E-state index is 0.818. The van der Waals surface area contributed by atoms with E-state index in [9.17, 15) is 0 Å². The van der Waals surface area contributed by atoms with Crippen LogP contribution in [0, 0.1) is 0 Å². The van der Waals surface area contributed by atoms with E-state index >= 15 is 0 Å². The molecule has 0 aromatic carbocycles. The molecule has 0 unspecified atom stereocenters. The van der Waals surface area contributed by atoms with Crippen LogP contribution in [-0.4, -0.2) is 6.61 Å². The molecule has 0 radical (unpaired) electrons. The minimum atomic E-state index is 0.818. The third kappa shape index (κ3) is 1.50. The lowest BCUT2D eigenvalue weighted by atomic mass is 10.1. The van der Waals surface area contributed by atoms with Gasteiger partial charge in [-0.05, 0) is 24.5 Å². The van der Waals surface area contributed by atoms with Gasteiger partial charge in [0.1, 0.15) is 5.76 Å². The Morgan fingerprint density at radius 2 is 2.30 bits per heavy atom. The van der Waals surface area contributed by atoms with E-state index in [-0.39, 0.29) is 0 Å². The van der Waals surface area contributed by atoms with Gasteiger partial charge in [-0.15, -0.1) is 0 Å². The minimum Gasteiger partial charge on any atom is -0.493 e. The molecule has 0 N–H and O–H groups in total. The first kappa shape index (κ1) is 7.13. The average Bonchev–Trinajstić information content (AvgIpc) is 1.94. The first-order chi connectivity index (χ1) is 4.84. The van der Waals surface area contributed by atoms with E-state index in [4.69, 9.17) is 4.74 Å². The summed E-state index contributed by atoms with van der Waals surface area (Å²) in [6.45, 7) is 8.28. The fourth-order valence-corrected chi connectivity index (χ4v) is 0.966.